The second kappa shape index (κ2) is 8.24. The minimum Gasteiger partial charge on any atom is -0.381 e. The number of hydrogen-bond donors (Lipinski definition) is 0. The Bertz CT molecular complexity index is 701. The lowest BCUT2D eigenvalue weighted by Gasteiger charge is -2.28. The fourth-order valence-electron chi connectivity index (χ4n) is 5.09. The fourth-order valence-corrected chi connectivity index (χ4v) is 5.09. The lowest BCUT2D eigenvalue weighted by Crippen LogP contribution is -2.40. The van der Waals surface area contributed by atoms with Gasteiger partial charge in [-0.2, -0.15) is 0 Å². The molecule has 0 N–H and O–H groups in total. The van der Waals surface area contributed by atoms with Gasteiger partial charge in [-0.15, -0.1) is 0 Å². The molecule has 1 aromatic carbocycles. The van der Waals surface area contributed by atoms with Gasteiger partial charge in [0.2, 0.25) is 11.8 Å². The van der Waals surface area contributed by atoms with Crippen LogP contribution in [0.15, 0.2) is 30.3 Å². The van der Waals surface area contributed by atoms with Crippen LogP contribution in [0.3, 0.4) is 0 Å². The molecule has 1 spiro atoms. The molecule has 3 fully saturated rings. The van der Waals surface area contributed by atoms with Gasteiger partial charge in [0.05, 0.1) is 12.5 Å². The number of ether oxygens (including phenoxy) is 1. The van der Waals surface area contributed by atoms with Gasteiger partial charge in [-0.25, -0.2) is 0 Å². The van der Waals surface area contributed by atoms with Crippen molar-refractivity contribution < 1.29 is 14.3 Å². The van der Waals surface area contributed by atoms with Crippen LogP contribution in [0.25, 0.3) is 0 Å². The molecular formula is C23H32N2O3. The number of likely N-dealkylation sites (tertiary alicyclic amines) is 2. The van der Waals surface area contributed by atoms with E-state index in [-0.39, 0.29) is 29.1 Å². The molecule has 3 heterocycles. The maximum Gasteiger partial charge on any atom is 0.228 e. The largest absolute Gasteiger partial charge is 0.381 e. The Balaban J connectivity index is 1.31. The zero-order valence-electron chi connectivity index (χ0n) is 16.9. The van der Waals surface area contributed by atoms with E-state index in [9.17, 15) is 9.59 Å². The van der Waals surface area contributed by atoms with Crippen LogP contribution >= 0.6 is 0 Å². The van der Waals surface area contributed by atoms with Crippen molar-refractivity contribution in [3.8, 4) is 0 Å². The Labute approximate surface area is 168 Å². The quantitative estimate of drug-likeness (QED) is 0.802. The maximum atomic E-state index is 12.9. The molecule has 0 aliphatic carbocycles. The predicted molar refractivity (Wildman–Crippen MR) is 108 cm³/mol. The first-order chi connectivity index (χ1) is 13.6. The first kappa shape index (κ1) is 19.4. The van der Waals surface area contributed by atoms with Crippen LogP contribution in [-0.4, -0.2) is 61.0 Å². The molecule has 1 aromatic rings. The average Bonchev–Trinajstić information content (AvgIpc) is 3.36. The van der Waals surface area contributed by atoms with Crippen molar-refractivity contribution in [3.63, 3.8) is 0 Å². The van der Waals surface area contributed by atoms with Crippen LogP contribution in [0, 0.1) is 11.3 Å². The van der Waals surface area contributed by atoms with Crippen LogP contribution < -0.4 is 0 Å². The van der Waals surface area contributed by atoms with E-state index in [2.05, 4.69) is 19.1 Å². The van der Waals surface area contributed by atoms with Gasteiger partial charge < -0.3 is 14.5 Å². The summed E-state index contributed by atoms with van der Waals surface area (Å²) in [5, 5.41) is 0. The highest BCUT2D eigenvalue weighted by Gasteiger charge is 2.46. The van der Waals surface area contributed by atoms with E-state index in [1.54, 1.807) is 0 Å². The second-order valence-corrected chi connectivity index (χ2v) is 9.01. The molecule has 3 aliphatic rings. The molecular weight excluding hydrogens is 352 g/mol. The number of rotatable bonds is 4. The highest BCUT2D eigenvalue weighted by Crippen LogP contribution is 2.40. The van der Waals surface area contributed by atoms with Crippen molar-refractivity contribution in [1.82, 2.24) is 9.80 Å². The molecule has 2 amide bonds. The fraction of sp³-hybridized carbons (Fsp3) is 0.652. The van der Waals surface area contributed by atoms with Crippen molar-refractivity contribution >= 4 is 11.8 Å². The summed E-state index contributed by atoms with van der Waals surface area (Å²) in [7, 11) is 0. The number of hydrogen-bond acceptors (Lipinski definition) is 3. The van der Waals surface area contributed by atoms with Gasteiger partial charge in [0, 0.05) is 44.6 Å². The normalized spacial score (nSPS) is 28.7. The summed E-state index contributed by atoms with van der Waals surface area (Å²) in [6, 6.07) is 10.3. The number of carbonyl (C=O) groups is 2. The standard InChI is InChI=1S/C23H32N2O3/c1-18(19-6-3-2-4-7-19)14-21(26)24-11-9-23(16-24)10-12-25(17-23)22(27)20-8-5-13-28-15-20/h2-4,6-7,18,20H,5,8-17H2,1H3. The lowest BCUT2D eigenvalue weighted by atomic mass is 9.86. The van der Waals surface area contributed by atoms with Crippen molar-refractivity contribution in [3.05, 3.63) is 35.9 Å². The predicted octanol–water partition coefficient (Wildman–Crippen LogP) is 3.06. The van der Waals surface area contributed by atoms with Crippen LogP contribution in [-0.2, 0) is 14.3 Å². The highest BCUT2D eigenvalue weighted by atomic mass is 16.5. The molecule has 3 atom stereocenters. The number of nitrogens with zero attached hydrogens (tertiary/aromatic N) is 2. The van der Waals surface area contributed by atoms with E-state index in [1.165, 1.54) is 5.56 Å². The van der Waals surface area contributed by atoms with Gasteiger partial charge in [-0.3, -0.25) is 9.59 Å². The summed E-state index contributed by atoms with van der Waals surface area (Å²) in [4.78, 5) is 29.8. The third kappa shape index (κ3) is 4.09. The summed E-state index contributed by atoms with van der Waals surface area (Å²) >= 11 is 0. The van der Waals surface area contributed by atoms with Gasteiger partial charge in [-0.05, 0) is 37.2 Å². The molecule has 3 unspecified atom stereocenters. The van der Waals surface area contributed by atoms with Gasteiger partial charge in [0.25, 0.3) is 0 Å². The molecule has 152 valence electrons. The van der Waals surface area contributed by atoms with Crippen LogP contribution in [0.5, 0.6) is 0 Å². The zero-order chi connectivity index (χ0) is 19.6. The summed E-state index contributed by atoms with van der Waals surface area (Å²) < 4.78 is 5.50. The van der Waals surface area contributed by atoms with Crippen LogP contribution in [0.4, 0.5) is 0 Å². The van der Waals surface area contributed by atoms with E-state index in [1.807, 2.05) is 28.0 Å². The number of amides is 2. The zero-order valence-corrected chi connectivity index (χ0v) is 16.9. The van der Waals surface area contributed by atoms with Crippen molar-refractivity contribution in [1.29, 1.82) is 0 Å². The Kier molecular flexibility index (Phi) is 5.72. The molecule has 0 radical (unpaired) electrons. The Morgan fingerprint density at radius 2 is 1.86 bits per heavy atom. The minimum absolute atomic E-state index is 0.0368. The number of benzene rings is 1. The Morgan fingerprint density at radius 3 is 2.57 bits per heavy atom. The SMILES string of the molecule is CC(CC(=O)N1CCC2(CCN(C(=O)C3CCCOC3)C2)C1)c1ccccc1. The third-order valence-electron chi connectivity index (χ3n) is 6.90. The molecule has 0 bridgehead atoms. The monoisotopic (exact) mass is 384 g/mol. The molecule has 28 heavy (non-hydrogen) atoms. The molecule has 5 nitrogen and oxygen atoms in total. The summed E-state index contributed by atoms with van der Waals surface area (Å²) in [5.41, 5.74) is 1.33. The first-order valence-electron chi connectivity index (χ1n) is 10.8. The van der Waals surface area contributed by atoms with Crippen molar-refractivity contribution in [2.45, 2.75) is 44.9 Å². The molecule has 3 aliphatic heterocycles. The van der Waals surface area contributed by atoms with Crippen LogP contribution in [0.1, 0.15) is 50.5 Å². The molecule has 0 saturated carbocycles. The minimum atomic E-state index is 0.0368. The van der Waals surface area contributed by atoms with Gasteiger partial charge in [0.1, 0.15) is 0 Å². The molecule has 5 heteroatoms. The second-order valence-electron chi connectivity index (χ2n) is 9.01. The third-order valence-corrected chi connectivity index (χ3v) is 6.90. The van der Waals surface area contributed by atoms with E-state index >= 15 is 0 Å². The lowest BCUT2D eigenvalue weighted by molar-refractivity contribution is -0.139. The molecule has 4 rings (SSSR count). The van der Waals surface area contributed by atoms with Gasteiger partial charge in [0.15, 0.2) is 0 Å². The molecule has 3 saturated heterocycles. The first-order valence-corrected chi connectivity index (χ1v) is 10.8. The maximum absolute atomic E-state index is 12.9. The van der Waals surface area contributed by atoms with E-state index in [4.69, 9.17) is 4.74 Å². The van der Waals surface area contributed by atoms with Crippen molar-refractivity contribution in [2.24, 2.45) is 11.3 Å². The number of carbonyl (C=O) groups excluding carboxylic acids is 2. The van der Waals surface area contributed by atoms with Crippen LogP contribution in [0.2, 0.25) is 0 Å². The summed E-state index contributed by atoms with van der Waals surface area (Å²) in [6.07, 6.45) is 4.53. The average molecular weight is 385 g/mol. The van der Waals surface area contributed by atoms with E-state index in [0.29, 0.717) is 13.0 Å². The Hall–Kier alpha value is -1.88. The van der Waals surface area contributed by atoms with Gasteiger partial charge in [-0.1, -0.05) is 37.3 Å². The highest BCUT2D eigenvalue weighted by molar-refractivity contribution is 5.80. The van der Waals surface area contributed by atoms with E-state index in [0.717, 1.165) is 58.5 Å². The summed E-state index contributed by atoms with van der Waals surface area (Å²) in [6.45, 7) is 6.75. The smallest absolute Gasteiger partial charge is 0.228 e. The Morgan fingerprint density at radius 1 is 1.14 bits per heavy atom. The molecule has 0 aromatic heterocycles. The van der Waals surface area contributed by atoms with Crippen molar-refractivity contribution in [2.75, 3.05) is 39.4 Å². The van der Waals surface area contributed by atoms with E-state index < -0.39 is 0 Å². The summed E-state index contributed by atoms with van der Waals surface area (Å²) in [5.74, 6) is 0.783. The topological polar surface area (TPSA) is 49.9 Å². The van der Waals surface area contributed by atoms with Gasteiger partial charge >= 0.3 is 0 Å².